The molecule has 5 heteroatoms. The number of amides is 1. The first kappa shape index (κ1) is 16.3. The smallest absolute Gasteiger partial charge is 0.410 e. The van der Waals surface area contributed by atoms with Crippen molar-refractivity contribution in [1.29, 1.82) is 0 Å². The Hall–Kier alpha value is -2.56. The summed E-state index contributed by atoms with van der Waals surface area (Å²) in [6, 6.07) is 7.69. The minimum atomic E-state index is -0.269. The summed E-state index contributed by atoms with van der Waals surface area (Å²) >= 11 is 0. The molecular weight excluding hydrogens is 304 g/mol. The lowest BCUT2D eigenvalue weighted by Gasteiger charge is -2.27. The van der Waals surface area contributed by atoms with Crippen LogP contribution < -0.4 is 5.56 Å². The molecule has 1 amide bonds. The SMILES string of the molecule is CCOC(=O)N1CC=C(c2c(CC)[nH]c(=O)c3ccccc23)CC1. The fraction of sp³-hybridized carbons (Fsp3) is 0.368. The van der Waals surface area contributed by atoms with Crippen LogP contribution in [-0.2, 0) is 11.2 Å². The van der Waals surface area contributed by atoms with Gasteiger partial charge in [0.1, 0.15) is 0 Å². The molecule has 2 aromatic rings. The molecule has 0 radical (unpaired) electrons. The van der Waals surface area contributed by atoms with E-state index in [-0.39, 0.29) is 11.7 Å². The van der Waals surface area contributed by atoms with Gasteiger partial charge in [0.2, 0.25) is 0 Å². The van der Waals surface area contributed by atoms with E-state index in [1.165, 1.54) is 5.57 Å². The van der Waals surface area contributed by atoms with Gasteiger partial charge in [0.15, 0.2) is 0 Å². The number of H-pyrrole nitrogens is 1. The number of carbonyl (C=O) groups is 1. The van der Waals surface area contributed by atoms with Crippen molar-refractivity contribution in [3.63, 3.8) is 0 Å². The molecule has 0 bridgehead atoms. The Morgan fingerprint density at radius 2 is 2.00 bits per heavy atom. The van der Waals surface area contributed by atoms with Gasteiger partial charge >= 0.3 is 6.09 Å². The molecule has 0 unspecified atom stereocenters. The van der Waals surface area contributed by atoms with Crippen molar-refractivity contribution in [3.8, 4) is 0 Å². The quantitative estimate of drug-likeness (QED) is 0.941. The van der Waals surface area contributed by atoms with Gasteiger partial charge in [0, 0.05) is 29.7 Å². The summed E-state index contributed by atoms with van der Waals surface area (Å²) in [5, 5.41) is 1.69. The molecule has 0 saturated heterocycles. The topological polar surface area (TPSA) is 62.4 Å². The van der Waals surface area contributed by atoms with Crippen molar-refractivity contribution < 1.29 is 9.53 Å². The Kier molecular flexibility index (Phi) is 4.69. The first-order valence-corrected chi connectivity index (χ1v) is 8.40. The lowest BCUT2D eigenvalue weighted by atomic mass is 9.92. The standard InChI is InChI=1S/C19H22N2O3/c1-3-16-17(14-7-5-6-8-15(14)18(22)20-16)13-9-11-21(12-10-13)19(23)24-4-2/h5-9H,3-4,10-12H2,1-2H3,(H,20,22). The van der Waals surface area contributed by atoms with E-state index in [0.717, 1.165) is 29.5 Å². The highest BCUT2D eigenvalue weighted by atomic mass is 16.6. The molecule has 1 aliphatic rings. The Labute approximate surface area is 140 Å². The summed E-state index contributed by atoms with van der Waals surface area (Å²) in [7, 11) is 0. The predicted molar refractivity (Wildman–Crippen MR) is 95.1 cm³/mol. The normalized spacial score (nSPS) is 14.6. The molecule has 1 aromatic heterocycles. The van der Waals surface area contributed by atoms with Crippen LogP contribution in [0.4, 0.5) is 4.79 Å². The molecule has 0 atom stereocenters. The maximum absolute atomic E-state index is 12.3. The van der Waals surface area contributed by atoms with Crippen molar-refractivity contribution in [1.82, 2.24) is 9.88 Å². The van der Waals surface area contributed by atoms with Crippen LogP contribution in [0.25, 0.3) is 16.3 Å². The summed E-state index contributed by atoms with van der Waals surface area (Å²) in [6.45, 7) is 5.39. The third kappa shape index (κ3) is 2.94. The molecule has 1 N–H and O–H groups in total. The molecular formula is C19H22N2O3. The largest absolute Gasteiger partial charge is 0.450 e. The van der Waals surface area contributed by atoms with Crippen LogP contribution in [0.2, 0.25) is 0 Å². The third-order valence-corrected chi connectivity index (χ3v) is 4.42. The van der Waals surface area contributed by atoms with Crippen LogP contribution in [0.3, 0.4) is 0 Å². The van der Waals surface area contributed by atoms with Crippen LogP contribution in [0.5, 0.6) is 0 Å². The van der Waals surface area contributed by atoms with Crippen LogP contribution >= 0.6 is 0 Å². The number of hydrogen-bond acceptors (Lipinski definition) is 3. The van der Waals surface area contributed by atoms with E-state index in [9.17, 15) is 9.59 Å². The van der Waals surface area contributed by atoms with Crippen molar-refractivity contribution >= 4 is 22.4 Å². The van der Waals surface area contributed by atoms with Crippen molar-refractivity contribution in [2.24, 2.45) is 0 Å². The lowest BCUT2D eigenvalue weighted by Crippen LogP contribution is -2.35. The Balaban J connectivity index is 2.02. The van der Waals surface area contributed by atoms with Gasteiger partial charge in [-0.2, -0.15) is 0 Å². The van der Waals surface area contributed by atoms with Crippen LogP contribution in [0, 0.1) is 0 Å². The number of aromatic amines is 1. The number of rotatable bonds is 3. The molecule has 126 valence electrons. The van der Waals surface area contributed by atoms with Crippen molar-refractivity contribution in [2.75, 3.05) is 19.7 Å². The summed E-state index contributed by atoms with van der Waals surface area (Å²) in [6.07, 6.45) is 3.31. The zero-order chi connectivity index (χ0) is 17.1. The van der Waals surface area contributed by atoms with Gasteiger partial charge in [-0.1, -0.05) is 31.2 Å². The predicted octanol–water partition coefficient (Wildman–Crippen LogP) is 3.34. The number of benzene rings is 1. The molecule has 24 heavy (non-hydrogen) atoms. The zero-order valence-electron chi connectivity index (χ0n) is 14.1. The number of nitrogens with zero attached hydrogens (tertiary/aromatic N) is 1. The molecule has 0 aliphatic carbocycles. The van der Waals surface area contributed by atoms with Gasteiger partial charge < -0.3 is 14.6 Å². The lowest BCUT2D eigenvalue weighted by molar-refractivity contribution is 0.111. The van der Waals surface area contributed by atoms with Gasteiger partial charge in [-0.3, -0.25) is 4.79 Å². The third-order valence-electron chi connectivity index (χ3n) is 4.42. The second-order valence-electron chi connectivity index (χ2n) is 5.83. The minimum Gasteiger partial charge on any atom is -0.450 e. The first-order chi connectivity index (χ1) is 11.7. The van der Waals surface area contributed by atoms with Crippen LogP contribution in [0.1, 0.15) is 31.5 Å². The van der Waals surface area contributed by atoms with E-state index in [1.54, 1.807) is 4.90 Å². The average molecular weight is 326 g/mol. The molecule has 1 aliphatic heterocycles. The molecule has 0 spiro atoms. The zero-order valence-corrected chi connectivity index (χ0v) is 14.1. The second-order valence-corrected chi connectivity index (χ2v) is 5.83. The number of hydrogen-bond donors (Lipinski definition) is 1. The maximum Gasteiger partial charge on any atom is 0.410 e. The number of fused-ring (bicyclic) bond motifs is 1. The van der Waals surface area contributed by atoms with Crippen molar-refractivity contribution in [2.45, 2.75) is 26.7 Å². The highest BCUT2D eigenvalue weighted by Gasteiger charge is 2.21. The summed E-state index contributed by atoms with van der Waals surface area (Å²) < 4.78 is 5.06. The fourth-order valence-electron chi connectivity index (χ4n) is 3.24. The van der Waals surface area contributed by atoms with Crippen LogP contribution in [-0.4, -0.2) is 35.7 Å². The summed E-state index contributed by atoms with van der Waals surface area (Å²) in [4.78, 5) is 28.8. The number of aryl methyl sites for hydroxylation is 1. The van der Waals surface area contributed by atoms with Crippen molar-refractivity contribution in [3.05, 3.63) is 52.0 Å². The van der Waals surface area contributed by atoms with Gasteiger partial charge in [0.05, 0.1) is 6.61 Å². The van der Waals surface area contributed by atoms with E-state index >= 15 is 0 Å². The first-order valence-electron chi connectivity index (χ1n) is 8.40. The van der Waals surface area contributed by atoms with E-state index in [0.29, 0.717) is 25.1 Å². The molecule has 0 fully saturated rings. The Bertz CT molecular complexity index is 851. The van der Waals surface area contributed by atoms with Gasteiger partial charge in [-0.05, 0) is 36.8 Å². The Morgan fingerprint density at radius 1 is 1.25 bits per heavy atom. The number of pyridine rings is 1. The molecule has 0 saturated carbocycles. The van der Waals surface area contributed by atoms with Gasteiger partial charge in [-0.25, -0.2) is 4.79 Å². The maximum atomic E-state index is 12.3. The molecule has 1 aromatic carbocycles. The summed E-state index contributed by atoms with van der Waals surface area (Å²) in [5.41, 5.74) is 3.20. The highest BCUT2D eigenvalue weighted by molar-refractivity contribution is 5.94. The number of carbonyl (C=O) groups excluding carboxylic acids is 1. The minimum absolute atomic E-state index is 0.0456. The van der Waals surface area contributed by atoms with Gasteiger partial charge in [0.25, 0.3) is 5.56 Å². The van der Waals surface area contributed by atoms with E-state index < -0.39 is 0 Å². The second kappa shape index (κ2) is 6.91. The van der Waals surface area contributed by atoms with Gasteiger partial charge in [-0.15, -0.1) is 0 Å². The fourth-order valence-corrected chi connectivity index (χ4v) is 3.24. The summed E-state index contributed by atoms with van der Waals surface area (Å²) in [5.74, 6) is 0. The van der Waals surface area contributed by atoms with Crippen LogP contribution in [0.15, 0.2) is 35.1 Å². The van der Waals surface area contributed by atoms with E-state index in [4.69, 9.17) is 4.74 Å². The number of ether oxygens (including phenoxy) is 1. The molecule has 5 nitrogen and oxygen atoms in total. The highest BCUT2D eigenvalue weighted by Crippen LogP contribution is 2.30. The Morgan fingerprint density at radius 3 is 2.62 bits per heavy atom. The van der Waals surface area contributed by atoms with E-state index in [1.807, 2.05) is 38.1 Å². The monoisotopic (exact) mass is 326 g/mol. The van der Waals surface area contributed by atoms with E-state index in [2.05, 4.69) is 11.1 Å². The number of aromatic nitrogens is 1. The average Bonchev–Trinajstić information content (AvgIpc) is 2.62. The molecule has 2 heterocycles. The molecule has 3 rings (SSSR count). The number of nitrogens with one attached hydrogen (secondary N) is 1.